The predicted molar refractivity (Wildman–Crippen MR) is 54.0 cm³/mol. The highest BCUT2D eigenvalue weighted by Crippen LogP contribution is 2.29. The molecular weight excluding hydrogens is 233 g/mol. The Morgan fingerprint density at radius 3 is 2.47 bits per heavy atom. The predicted octanol–water partition coefficient (Wildman–Crippen LogP) is 2.20. The van der Waals surface area contributed by atoms with Crippen molar-refractivity contribution in [1.82, 2.24) is 19.5 Å². The first kappa shape index (κ1) is 11.6. The van der Waals surface area contributed by atoms with Crippen LogP contribution in [0, 0.1) is 6.92 Å². The van der Waals surface area contributed by atoms with Crippen molar-refractivity contribution in [2.45, 2.75) is 13.1 Å². The Kier molecular flexibility index (Phi) is 2.60. The summed E-state index contributed by atoms with van der Waals surface area (Å²) < 4.78 is 39.3. The zero-order chi connectivity index (χ0) is 12.6. The van der Waals surface area contributed by atoms with E-state index in [0.29, 0.717) is 5.69 Å². The molecule has 0 amide bonds. The molecular formula is C10H9F3N4. The molecule has 0 atom stereocenters. The number of alkyl halides is 3. The summed E-state index contributed by atoms with van der Waals surface area (Å²) in [6.07, 6.45) is -1.57. The highest BCUT2D eigenvalue weighted by atomic mass is 19.4. The lowest BCUT2D eigenvalue weighted by Crippen LogP contribution is -2.11. The number of halogens is 3. The Bertz CT molecular complexity index is 545. The van der Waals surface area contributed by atoms with Crippen molar-refractivity contribution < 1.29 is 13.2 Å². The molecule has 0 aliphatic rings. The van der Waals surface area contributed by atoms with E-state index >= 15 is 0 Å². The lowest BCUT2D eigenvalue weighted by Gasteiger charge is -2.08. The molecule has 0 unspecified atom stereocenters. The summed E-state index contributed by atoms with van der Waals surface area (Å²) in [5.41, 5.74) is -0.232. The Labute approximate surface area is 95.2 Å². The van der Waals surface area contributed by atoms with Crippen LogP contribution in [0.3, 0.4) is 0 Å². The van der Waals surface area contributed by atoms with Crippen LogP contribution in [0.5, 0.6) is 0 Å². The molecule has 2 aromatic rings. The van der Waals surface area contributed by atoms with E-state index in [2.05, 4.69) is 15.0 Å². The monoisotopic (exact) mass is 242 g/mol. The number of nitrogens with zero attached hydrogens (tertiary/aromatic N) is 4. The minimum absolute atomic E-state index is 0.0253. The zero-order valence-corrected chi connectivity index (χ0v) is 9.15. The van der Waals surface area contributed by atoms with Gasteiger partial charge in [0.05, 0.1) is 12.5 Å². The maximum Gasteiger partial charge on any atom is 0.433 e. The number of hydrogen-bond donors (Lipinski definition) is 0. The second kappa shape index (κ2) is 3.83. The van der Waals surface area contributed by atoms with Gasteiger partial charge in [-0.1, -0.05) is 0 Å². The largest absolute Gasteiger partial charge is 0.433 e. The van der Waals surface area contributed by atoms with Crippen LogP contribution < -0.4 is 0 Å². The van der Waals surface area contributed by atoms with Crippen molar-refractivity contribution in [3.63, 3.8) is 0 Å². The molecule has 0 fully saturated rings. The minimum Gasteiger partial charge on any atom is -0.331 e. The molecule has 17 heavy (non-hydrogen) atoms. The molecule has 0 radical (unpaired) electrons. The van der Waals surface area contributed by atoms with Crippen LogP contribution in [0.25, 0.3) is 11.5 Å². The number of imidazole rings is 1. The molecule has 0 spiro atoms. The molecule has 2 aromatic heterocycles. The maximum atomic E-state index is 12.6. The fourth-order valence-electron chi connectivity index (χ4n) is 1.40. The highest BCUT2D eigenvalue weighted by molar-refractivity contribution is 5.48. The van der Waals surface area contributed by atoms with Gasteiger partial charge in [0.25, 0.3) is 0 Å². The molecule has 7 heteroatoms. The average molecular weight is 242 g/mol. The van der Waals surface area contributed by atoms with Crippen LogP contribution in [0.2, 0.25) is 0 Å². The Morgan fingerprint density at radius 2 is 1.94 bits per heavy atom. The lowest BCUT2D eigenvalue weighted by atomic mass is 10.3. The number of rotatable bonds is 1. The van der Waals surface area contributed by atoms with Gasteiger partial charge in [0, 0.05) is 12.7 Å². The van der Waals surface area contributed by atoms with Crippen molar-refractivity contribution in [1.29, 1.82) is 0 Å². The van der Waals surface area contributed by atoms with E-state index in [1.807, 2.05) is 0 Å². The molecule has 4 nitrogen and oxygen atoms in total. The molecule has 0 bridgehead atoms. The van der Waals surface area contributed by atoms with Crippen LogP contribution in [-0.2, 0) is 13.2 Å². The van der Waals surface area contributed by atoms with Gasteiger partial charge < -0.3 is 4.57 Å². The summed E-state index contributed by atoms with van der Waals surface area (Å²) >= 11 is 0. The molecule has 2 heterocycles. The van der Waals surface area contributed by atoms with Crippen molar-refractivity contribution in [2.24, 2.45) is 7.05 Å². The molecule has 0 aromatic carbocycles. The number of aromatic nitrogens is 4. The Morgan fingerprint density at radius 1 is 1.24 bits per heavy atom. The number of hydrogen-bond acceptors (Lipinski definition) is 3. The summed E-state index contributed by atoms with van der Waals surface area (Å²) in [6, 6.07) is 0.917. The fourth-order valence-corrected chi connectivity index (χ4v) is 1.40. The van der Waals surface area contributed by atoms with Gasteiger partial charge in [-0.3, -0.25) is 0 Å². The highest BCUT2D eigenvalue weighted by Gasteiger charge is 2.33. The first-order valence-electron chi connectivity index (χ1n) is 4.77. The second-order valence-corrected chi connectivity index (χ2v) is 3.61. The van der Waals surface area contributed by atoms with E-state index in [1.165, 1.54) is 19.4 Å². The third-order valence-corrected chi connectivity index (χ3v) is 2.19. The Hall–Kier alpha value is -1.92. The summed E-state index contributed by atoms with van der Waals surface area (Å²) in [7, 11) is 1.67. The van der Waals surface area contributed by atoms with Gasteiger partial charge in [-0.2, -0.15) is 13.2 Å². The summed E-state index contributed by atoms with van der Waals surface area (Å²) in [5.74, 6) is 0.0253. The van der Waals surface area contributed by atoms with E-state index in [-0.39, 0.29) is 11.5 Å². The number of aryl methyl sites for hydroxylation is 2. The van der Waals surface area contributed by atoms with Crippen molar-refractivity contribution >= 4 is 0 Å². The van der Waals surface area contributed by atoms with E-state index in [0.717, 1.165) is 6.07 Å². The summed E-state index contributed by atoms with van der Waals surface area (Å²) in [4.78, 5) is 11.3. The average Bonchev–Trinajstić information content (AvgIpc) is 2.62. The topological polar surface area (TPSA) is 43.6 Å². The van der Waals surface area contributed by atoms with Crippen molar-refractivity contribution in [2.75, 3.05) is 0 Å². The second-order valence-electron chi connectivity index (χ2n) is 3.61. The Balaban J connectivity index is 2.57. The minimum atomic E-state index is -4.47. The first-order valence-corrected chi connectivity index (χ1v) is 4.77. The normalized spacial score (nSPS) is 11.8. The van der Waals surface area contributed by atoms with Crippen molar-refractivity contribution in [3.8, 4) is 11.5 Å². The standard InChI is InChI=1S/C10H9F3N4/c1-6-3-8(10(11,12)13)16-9(15-6)7-4-14-5-17(7)2/h3-5H,1-2H3. The van der Waals surface area contributed by atoms with Gasteiger partial charge in [-0.05, 0) is 13.0 Å². The van der Waals surface area contributed by atoms with Crippen LogP contribution in [0.1, 0.15) is 11.4 Å². The maximum absolute atomic E-state index is 12.6. The molecule has 90 valence electrons. The van der Waals surface area contributed by atoms with Gasteiger partial charge >= 0.3 is 6.18 Å². The molecule has 0 saturated heterocycles. The van der Waals surface area contributed by atoms with Crippen LogP contribution in [0.4, 0.5) is 13.2 Å². The summed E-state index contributed by atoms with van der Waals surface area (Å²) in [6.45, 7) is 1.50. The third kappa shape index (κ3) is 2.27. The van der Waals surface area contributed by atoms with Gasteiger partial charge in [0.1, 0.15) is 11.4 Å². The van der Waals surface area contributed by atoms with E-state index < -0.39 is 11.9 Å². The zero-order valence-electron chi connectivity index (χ0n) is 9.15. The van der Waals surface area contributed by atoms with Crippen LogP contribution in [-0.4, -0.2) is 19.5 Å². The quantitative estimate of drug-likeness (QED) is 0.770. The molecule has 0 N–H and O–H groups in total. The third-order valence-electron chi connectivity index (χ3n) is 2.19. The molecule has 0 saturated carbocycles. The molecule has 2 rings (SSSR count). The van der Waals surface area contributed by atoms with E-state index in [4.69, 9.17) is 0 Å². The van der Waals surface area contributed by atoms with E-state index in [9.17, 15) is 13.2 Å². The van der Waals surface area contributed by atoms with Gasteiger partial charge in [-0.25, -0.2) is 15.0 Å². The van der Waals surface area contributed by atoms with E-state index in [1.54, 1.807) is 11.6 Å². The van der Waals surface area contributed by atoms with Gasteiger partial charge in [-0.15, -0.1) is 0 Å². The molecule has 0 aliphatic carbocycles. The van der Waals surface area contributed by atoms with Crippen LogP contribution in [0.15, 0.2) is 18.6 Å². The molecule has 0 aliphatic heterocycles. The SMILES string of the molecule is Cc1cc(C(F)(F)F)nc(-c2cncn2C)n1. The smallest absolute Gasteiger partial charge is 0.331 e. The summed E-state index contributed by atoms with van der Waals surface area (Å²) in [5, 5.41) is 0. The van der Waals surface area contributed by atoms with Crippen molar-refractivity contribution in [3.05, 3.63) is 30.0 Å². The first-order chi connectivity index (χ1) is 7.88. The fraction of sp³-hybridized carbons (Fsp3) is 0.300. The van der Waals surface area contributed by atoms with Gasteiger partial charge in [0.2, 0.25) is 0 Å². The van der Waals surface area contributed by atoms with Gasteiger partial charge in [0.15, 0.2) is 5.82 Å². The van der Waals surface area contributed by atoms with Crippen LogP contribution >= 0.6 is 0 Å². The lowest BCUT2D eigenvalue weighted by molar-refractivity contribution is -0.141.